The maximum Gasteiger partial charge on any atom is 0.233 e. The van der Waals surface area contributed by atoms with Crippen LogP contribution >= 0.6 is 47.4 Å². The molecule has 2 heterocycles. The molecule has 2 fully saturated rings. The molecule has 1 amide bonds. The summed E-state index contributed by atoms with van der Waals surface area (Å²) in [6.45, 7) is 1.97. The molecule has 23 heavy (non-hydrogen) atoms. The Morgan fingerprint density at radius 1 is 1.26 bits per heavy atom. The number of amides is 1. The second kappa shape index (κ2) is 8.82. The zero-order valence-electron chi connectivity index (χ0n) is 12.8. The summed E-state index contributed by atoms with van der Waals surface area (Å²) in [5.74, 6) is 1.53. The normalized spacial score (nSPS) is 23.3. The van der Waals surface area contributed by atoms with Crippen LogP contribution in [0.2, 0.25) is 10.0 Å². The molecule has 2 unspecified atom stereocenters. The molecule has 0 aliphatic carbocycles. The quantitative estimate of drug-likeness (QED) is 0.836. The largest absolute Gasteiger partial charge is 0.335 e. The highest BCUT2D eigenvalue weighted by Gasteiger charge is 2.37. The van der Waals surface area contributed by atoms with Gasteiger partial charge in [-0.1, -0.05) is 29.3 Å². The van der Waals surface area contributed by atoms with Crippen LogP contribution in [0.3, 0.4) is 0 Å². The van der Waals surface area contributed by atoms with Crippen molar-refractivity contribution in [3.8, 4) is 0 Å². The van der Waals surface area contributed by atoms with Crippen molar-refractivity contribution in [1.29, 1.82) is 0 Å². The molecule has 1 aromatic rings. The summed E-state index contributed by atoms with van der Waals surface area (Å²) in [5.41, 5.74) is 1.03. The highest BCUT2D eigenvalue weighted by Crippen LogP contribution is 2.29. The van der Waals surface area contributed by atoms with E-state index in [-0.39, 0.29) is 18.3 Å². The highest BCUT2D eigenvalue weighted by molar-refractivity contribution is 7.99. The molecule has 2 aliphatic rings. The summed E-state index contributed by atoms with van der Waals surface area (Å²) in [6.07, 6.45) is 3.37. The first-order chi connectivity index (χ1) is 10.6. The lowest BCUT2D eigenvalue weighted by Crippen LogP contribution is -2.43. The van der Waals surface area contributed by atoms with Gasteiger partial charge in [0.15, 0.2) is 0 Å². The number of thioether (sulfide) groups is 1. The number of carbonyl (C=O) groups excluding carboxylic acids is 1. The minimum absolute atomic E-state index is 0. The number of nitrogens with one attached hydrogen (secondary N) is 1. The van der Waals surface area contributed by atoms with Gasteiger partial charge in [-0.05, 0) is 43.5 Å². The van der Waals surface area contributed by atoms with Crippen molar-refractivity contribution in [2.75, 3.05) is 18.8 Å². The zero-order valence-corrected chi connectivity index (χ0v) is 15.9. The minimum atomic E-state index is 0. The van der Waals surface area contributed by atoms with E-state index in [1.165, 1.54) is 0 Å². The first kappa shape index (κ1) is 19.2. The minimum Gasteiger partial charge on any atom is -0.335 e. The average Bonchev–Trinajstić information content (AvgIpc) is 2.74. The van der Waals surface area contributed by atoms with E-state index >= 15 is 0 Å². The maximum atomic E-state index is 12.6. The second-order valence-electron chi connectivity index (χ2n) is 5.91. The zero-order chi connectivity index (χ0) is 15.5. The smallest absolute Gasteiger partial charge is 0.233 e. The van der Waals surface area contributed by atoms with Crippen LogP contribution in [0.1, 0.15) is 24.8 Å². The standard InChI is InChI=1S/C16H20Cl2N2OS.ClH/c17-12-2-1-11(15(18)7-12)9-22-10-16(21)20-13-3-4-14(20)8-19-6-5-13;/h1-2,7,13-14,19H,3-6,8-10H2;1H. The van der Waals surface area contributed by atoms with Crippen LogP contribution in [0.4, 0.5) is 0 Å². The third-order valence-electron chi connectivity index (χ3n) is 4.44. The van der Waals surface area contributed by atoms with Gasteiger partial charge in [-0.25, -0.2) is 0 Å². The lowest BCUT2D eigenvalue weighted by Gasteiger charge is -2.27. The summed E-state index contributed by atoms with van der Waals surface area (Å²) in [7, 11) is 0. The van der Waals surface area contributed by atoms with E-state index in [2.05, 4.69) is 10.2 Å². The van der Waals surface area contributed by atoms with Crippen molar-refractivity contribution in [1.82, 2.24) is 10.2 Å². The van der Waals surface area contributed by atoms with Gasteiger partial charge in [0, 0.05) is 34.4 Å². The van der Waals surface area contributed by atoms with E-state index < -0.39 is 0 Å². The van der Waals surface area contributed by atoms with Gasteiger partial charge in [-0.15, -0.1) is 24.2 Å². The number of nitrogens with zero attached hydrogens (tertiary/aromatic N) is 1. The fourth-order valence-electron chi connectivity index (χ4n) is 3.35. The van der Waals surface area contributed by atoms with Gasteiger partial charge >= 0.3 is 0 Å². The molecule has 3 nitrogen and oxygen atoms in total. The van der Waals surface area contributed by atoms with Crippen LogP contribution in [0.5, 0.6) is 0 Å². The van der Waals surface area contributed by atoms with Crippen molar-refractivity contribution in [2.45, 2.75) is 37.1 Å². The number of fused-ring (bicyclic) bond motifs is 2. The van der Waals surface area contributed by atoms with Crippen LogP contribution in [-0.2, 0) is 10.5 Å². The van der Waals surface area contributed by atoms with Crippen molar-refractivity contribution in [3.63, 3.8) is 0 Å². The lowest BCUT2D eigenvalue weighted by molar-refractivity contribution is -0.130. The predicted molar refractivity (Wildman–Crippen MR) is 101 cm³/mol. The molecule has 1 aromatic carbocycles. The molecular formula is C16H21Cl3N2OS. The van der Waals surface area contributed by atoms with E-state index in [1.807, 2.05) is 12.1 Å². The van der Waals surface area contributed by atoms with Gasteiger partial charge in [0.25, 0.3) is 0 Å². The van der Waals surface area contributed by atoms with E-state index in [4.69, 9.17) is 23.2 Å². The van der Waals surface area contributed by atoms with Crippen LogP contribution in [-0.4, -0.2) is 41.7 Å². The molecule has 3 rings (SSSR count). The van der Waals surface area contributed by atoms with Gasteiger partial charge in [-0.2, -0.15) is 0 Å². The van der Waals surface area contributed by atoms with Crippen LogP contribution in [0.15, 0.2) is 18.2 Å². The Balaban J connectivity index is 0.00000192. The number of halogens is 3. The molecule has 2 atom stereocenters. The van der Waals surface area contributed by atoms with Crippen LogP contribution in [0.25, 0.3) is 0 Å². The summed E-state index contributed by atoms with van der Waals surface area (Å²) < 4.78 is 0. The fraction of sp³-hybridized carbons (Fsp3) is 0.562. The Morgan fingerprint density at radius 2 is 2.04 bits per heavy atom. The Labute approximate surface area is 157 Å². The fourth-order valence-corrected chi connectivity index (χ4v) is 4.80. The Bertz CT molecular complexity index is 544. The van der Waals surface area contributed by atoms with Gasteiger partial charge in [-0.3, -0.25) is 4.79 Å². The first-order valence-electron chi connectivity index (χ1n) is 7.68. The third-order valence-corrected chi connectivity index (χ3v) is 5.99. The Morgan fingerprint density at radius 3 is 2.83 bits per heavy atom. The molecule has 2 bridgehead atoms. The van der Waals surface area contributed by atoms with E-state index in [9.17, 15) is 4.79 Å². The molecule has 0 radical (unpaired) electrons. The number of benzene rings is 1. The predicted octanol–water partition coefficient (Wildman–Crippen LogP) is 4.00. The summed E-state index contributed by atoms with van der Waals surface area (Å²) in [6, 6.07) is 6.35. The first-order valence-corrected chi connectivity index (χ1v) is 9.60. The number of hydrogen-bond acceptors (Lipinski definition) is 3. The summed E-state index contributed by atoms with van der Waals surface area (Å²) >= 11 is 13.7. The molecule has 0 saturated carbocycles. The van der Waals surface area contributed by atoms with Gasteiger partial charge < -0.3 is 10.2 Å². The second-order valence-corrected chi connectivity index (χ2v) is 7.74. The SMILES string of the molecule is Cl.O=C(CSCc1ccc(Cl)cc1Cl)N1C2CCNCC1CC2. The van der Waals surface area contributed by atoms with Gasteiger partial charge in [0.1, 0.15) is 0 Å². The highest BCUT2D eigenvalue weighted by atomic mass is 35.5. The van der Waals surface area contributed by atoms with Crippen LogP contribution < -0.4 is 5.32 Å². The summed E-state index contributed by atoms with van der Waals surface area (Å²) in [4.78, 5) is 14.7. The molecular weight excluding hydrogens is 375 g/mol. The topological polar surface area (TPSA) is 32.3 Å². The Hall–Kier alpha value is -0.130. The Kier molecular flexibility index (Phi) is 7.36. The number of hydrogen-bond donors (Lipinski definition) is 1. The van der Waals surface area contributed by atoms with Crippen molar-refractivity contribution < 1.29 is 4.79 Å². The molecule has 128 valence electrons. The molecule has 2 aliphatic heterocycles. The van der Waals surface area contributed by atoms with Crippen molar-refractivity contribution >= 4 is 53.3 Å². The number of rotatable bonds is 4. The van der Waals surface area contributed by atoms with Crippen molar-refractivity contribution in [3.05, 3.63) is 33.8 Å². The van der Waals surface area contributed by atoms with Crippen molar-refractivity contribution in [2.24, 2.45) is 0 Å². The molecule has 0 spiro atoms. The molecule has 2 saturated heterocycles. The van der Waals surface area contributed by atoms with Crippen LogP contribution in [0, 0.1) is 0 Å². The van der Waals surface area contributed by atoms with Gasteiger partial charge in [0.2, 0.25) is 5.91 Å². The number of carbonyl (C=O) groups is 1. The molecule has 0 aromatic heterocycles. The summed E-state index contributed by atoms with van der Waals surface area (Å²) in [5, 5.41) is 4.74. The lowest BCUT2D eigenvalue weighted by atomic mass is 10.1. The van der Waals surface area contributed by atoms with E-state index in [1.54, 1.807) is 17.8 Å². The maximum absolute atomic E-state index is 12.6. The molecule has 7 heteroatoms. The van der Waals surface area contributed by atoms with E-state index in [0.717, 1.165) is 43.7 Å². The molecule has 1 N–H and O–H groups in total. The monoisotopic (exact) mass is 394 g/mol. The van der Waals surface area contributed by atoms with Gasteiger partial charge in [0.05, 0.1) is 5.75 Å². The third kappa shape index (κ3) is 4.70. The van der Waals surface area contributed by atoms with E-state index in [0.29, 0.717) is 27.9 Å². The average molecular weight is 396 g/mol.